The van der Waals surface area contributed by atoms with E-state index in [9.17, 15) is 13.2 Å². The first kappa shape index (κ1) is 19.5. The van der Waals surface area contributed by atoms with Crippen LogP contribution in [-0.2, 0) is 10.0 Å². The number of amides is 1. The summed E-state index contributed by atoms with van der Waals surface area (Å²) < 4.78 is 28.1. The Morgan fingerprint density at radius 1 is 1.19 bits per heavy atom. The van der Waals surface area contributed by atoms with E-state index in [1.807, 2.05) is 26.0 Å². The Morgan fingerprint density at radius 2 is 1.88 bits per heavy atom. The first-order valence-electron chi connectivity index (χ1n) is 8.41. The van der Waals surface area contributed by atoms with Crippen LogP contribution < -0.4 is 5.32 Å². The second-order valence-electron chi connectivity index (χ2n) is 6.47. The fraction of sp³-hybridized carbons (Fsp3) is 0.389. The molecule has 1 saturated heterocycles. The highest BCUT2D eigenvalue weighted by Gasteiger charge is 2.30. The van der Waals surface area contributed by atoms with Gasteiger partial charge >= 0.3 is 0 Å². The quantitative estimate of drug-likeness (QED) is 0.762. The number of nitrogens with one attached hydrogen (secondary N) is 1. The van der Waals surface area contributed by atoms with Gasteiger partial charge in [0.1, 0.15) is 0 Å². The molecule has 1 aromatic heterocycles. The number of sulfonamides is 1. The fourth-order valence-corrected chi connectivity index (χ4v) is 5.55. The molecule has 2 aromatic rings. The number of thiophene rings is 1. The molecule has 1 aliphatic heterocycles. The molecule has 0 radical (unpaired) electrons. The normalized spacial score (nSPS) is 16.6. The summed E-state index contributed by atoms with van der Waals surface area (Å²) >= 11 is 4.86. The zero-order valence-electron chi connectivity index (χ0n) is 14.7. The van der Waals surface area contributed by atoms with Crippen LogP contribution in [0.5, 0.6) is 0 Å². The average Bonchev–Trinajstić information content (AvgIpc) is 3.04. The lowest BCUT2D eigenvalue weighted by molar-refractivity contribution is 0.0928. The van der Waals surface area contributed by atoms with Gasteiger partial charge in [0, 0.05) is 28.5 Å². The van der Waals surface area contributed by atoms with E-state index in [0.29, 0.717) is 35.7 Å². The van der Waals surface area contributed by atoms with E-state index >= 15 is 0 Å². The zero-order chi connectivity index (χ0) is 18.9. The molecule has 5 nitrogen and oxygen atoms in total. The maximum absolute atomic E-state index is 12.8. The second-order valence-corrected chi connectivity index (χ2v) is 10.6. The van der Waals surface area contributed by atoms with Crippen molar-refractivity contribution in [2.75, 3.05) is 13.1 Å². The van der Waals surface area contributed by atoms with Crippen LogP contribution in [0.25, 0.3) is 0 Å². The molecule has 0 saturated carbocycles. The molecule has 0 aliphatic carbocycles. The van der Waals surface area contributed by atoms with Crippen molar-refractivity contribution in [2.45, 2.75) is 37.6 Å². The predicted molar refractivity (Wildman–Crippen MR) is 107 cm³/mol. The van der Waals surface area contributed by atoms with Crippen LogP contribution in [-0.4, -0.2) is 37.8 Å². The van der Waals surface area contributed by atoms with Gasteiger partial charge in [0.15, 0.2) is 0 Å². The van der Waals surface area contributed by atoms with Crippen molar-refractivity contribution in [1.82, 2.24) is 9.62 Å². The van der Waals surface area contributed by atoms with Gasteiger partial charge < -0.3 is 5.32 Å². The van der Waals surface area contributed by atoms with E-state index in [0.717, 1.165) is 14.9 Å². The van der Waals surface area contributed by atoms with Crippen molar-refractivity contribution < 1.29 is 13.2 Å². The molecule has 0 unspecified atom stereocenters. The third-order valence-corrected chi connectivity index (χ3v) is 8.30. The number of benzene rings is 1. The summed E-state index contributed by atoms with van der Waals surface area (Å²) in [5.74, 6) is -0.0760. The Kier molecular flexibility index (Phi) is 5.86. The lowest BCUT2D eigenvalue weighted by Gasteiger charge is -2.31. The smallest absolute Gasteiger partial charge is 0.261 e. The number of halogens is 1. The van der Waals surface area contributed by atoms with Crippen LogP contribution in [0.2, 0.25) is 0 Å². The SMILES string of the molecule is Cc1ccc(C(=O)NC2CCN(S(=O)(=O)c3ccc(Br)c(C)c3)CC2)s1. The Bertz CT molecular complexity index is 916. The third kappa shape index (κ3) is 4.19. The molecule has 140 valence electrons. The van der Waals surface area contributed by atoms with Crippen molar-refractivity contribution in [1.29, 1.82) is 0 Å². The minimum Gasteiger partial charge on any atom is -0.349 e. The molecule has 2 heterocycles. The molecular formula is C18H21BrN2O3S2. The van der Waals surface area contributed by atoms with Crippen molar-refractivity contribution in [3.8, 4) is 0 Å². The summed E-state index contributed by atoms with van der Waals surface area (Å²) in [6, 6.07) is 8.83. The zero-order valence-corrected chi connectivity index (χ0v) is 17.9. The Balaban J connectivity index is 1.62. The molecule has 1 N–H and O–H groups in total. The number of rotatable bonds is 4. The molecule has 1 fully saturated rings. The minimum atomic E-state index is -3.50. The van der Waals surface area contributed by atoms with Gasteiger partial charge in [-0.05, 0) is 62.6 Å². The highest BCUT2D eigenvalue weighted by atomic mass is 79.9. The summed E-state index contributed by atoms with van der Waals surface area (Å²) in [4.78, 5) is 14.4. The number of hydrogen-bond donors (Lipinski definition) is 1. The maximum Gasteiger partial charge on any atom is 0.261 e. The van der Waals surface area contributed by atoms with Gasteiger partial charge in [-0.3, -0.25) is 4.79 Å². The van der Waals surface area contributed by atoms with E-state index < -0.39 is 10.0 Å². The first-order chi connectivity index (χ1) is 12.3. The highest BCUT2D eigenvalue weighted by Crippen LogP contribution is 2.25. The molecule has 0 atom stereocenters. The van der Waals surface area contributed by atoms with Crippen LogP contribution in [0.4, 0.5) is 0 Å². The molecule has 8 heteroatoms. The van der Waals surface area contributed by atoms with Crippen molar-refractivity contribution in [3.63, 3.8) is 0 Å². The van der Waals surface area contributed by atoms with Crippen molar-refractivity contribution in [2.24, 2.45) is 0 Å². The van der Waals surface area contributed by atoms with Gasteiger partial charge in [0.2, 0.25) is 10.0 Å². The van der Waals surface area contributed by atoms with Crippen LogP contribution in [0.1, 0.15) is 33.0 Å². The summed E-state index contributed by atoms with van der Waals surface area (Å²) in [6.07, 6.45) is 1.23. The lowest BCUT2D eigenvalue weighted by atomic mass is 10.1. The largest absolute Gasteiger partial charge is 0.349 e. The number of nitrogens with zero attached hydrogens (tertiary/aromatic N) is 1. The third-order valence-electron chi connectivity index (χ3n) is 4.52. The standard InChI is InChI=1S/C18H21BrN2O3S2/c1-12-11-15(4-5-16(12)19)26(23,24)21-9-7-14(8-10-21)20-18(22)17-6-3-13(2)25-17/h3-6,11,14H,7-10H2,1-2H3,(H,20,22). The Hall–Kier alpha value is -1.22. The van der Waals surface area contributed by atoms with Crippen molar-refractivity contribution >= 4 is 43.2 Å². The van der Waals surface area contributed by atoms with E-state index in [1.54, 1.807) is 18.2 Å². The summed E-state index contributed by atoms with van der Waals surface area (Å²) in [6.45, 7) is 4.66. The summed E-state index contributed by atoms with van der Waals surface area (Å²) in [5.41, 5.74) is 0.888. The van der Waals surface area contributed by atoms with Gasteiger partial charge in [-0.2, -0.15) is 4.31 Å². The van der Waals surface area contributed by atoms with E-state index in [4.69, 9.17) is 0 Å². The molecule has 1 amide bonds. The Labute approximate surface area is 166 Å². The Morgan fingerprint density at radius 3 is 2.46 bits per heavy atom. The highest BCUT2D eigenvalue weighted by molar-refractivity contribution is 9.10. The van der Waals surface area contributed by atoms with Gasteiger partial charge in [0.25, 0.3) is 5.91 Å². The number of hydrogen-bond acceptors (Lipinski definition) is 4. The van der Waals surface area contributed by atoms with Crippen LogP contribution in [0.15, 0.2) is 39.7 Å². The van der Waals surface area contributed by atoms with E-state index in [-0.39, 0.29) is 11.9 Å². The monoisotopic (exact) mass is 456 g/mol. The molecule has 3 rings (SSSR count). The fourth-order valence-electron chi connectivity index (χ4n) is 2.98. The molecular weight excluding hydrogens is 436 g/mol. The van der Waals surface area contributed by atoms with E-state index in [2.05, 4.69) is 21.2 Å². The lowest BCUT2D eigenvalue weighted by Crippen LogP contribution is -2.46. The van der Waals surface area contributed by atoms with E-state index in [1.165, 1.54) is 15.6 Å². The average molecular weight is 457 g/mol. The van der Waals surface area contributed by atoms with Crippen LogP contribution in [0, 0.1) is 13.8 Å². The minimum absolute atomic E-state index is 0.00279. The maximum atomic E-state index is 12.8. The summed E-state index contributed by atoms with van der Waals surface area (Å²) in [5, 5.41) is 3.02. The number of carbonyl (C=O) groups excluding carboxylic acids is 1. The number of piperidine rings is 1. The molecule has 26 heavy (non-hydrogen) atoms. The number of carbonyl (C=O) groups is 1. The van der Waals surface area contributed by atoms with Crippen LogP contribution >= 0.6 is 27.3 Å². The van der Waals surface area contributed by atoms with Crippen molar-refractivity contribution in [3.05, 3.63) is 50.1 Å². The topological polar surface area (TPSA) is 66.5 Å². The van der Waals surface area contributed by atoms with Gasteiger partial charge in [0.05, 0.1) is 9.77 Å². The summed E-state index contributed by atoms with van der Waals surface area (Å²) in [7, 11) is -3.50. The van der Waals surface area contributed by atoms with Gasteiger partial charge in [-0.25, -0.2) is 8.42 Å². The van der Waals surface area contributed by atoms with Gasteiger partial charge in [-0.1, -0.05) is 15.9 Å². The second kappa shape index (κ2) is 7.80. The first-order valence-corrected chi connectivity index (χ1v) is 11.5. The number of aryl methyl sites for hydroxylation is 2. The van der Waals surface area contributed by atoms with Gasteiger partial charge in [-0.15, -0.1) is 11.3 Å². The van der Waals surface area contributed by atoms with Crippen LogP contribution in [0.3, 0.4) is 0 Å². The molecule has 0 spiro atoms. The predicted octanol–water partition coefficient (Wildman–Crippen LogP) is 3.71. The molecule has 0 bridgehead atoms. The molecule has 1 aromatic carbocycles. The molecule has 1 aliphatic rings.